The van der Waals surface area contributed by atoms with E-state index >= 15 is 0 Å². The van der Waals surface area contributed by atoms with Crippen LogP contribution in [0.2, 0.25) is 5.15 Å². The molecule has 0 fully saturated rings. The molecule has 11 heteroatoms. The fraction of sp³-hybridized carbons (Fsp3) is 0.0500. The van der Waals surface area contributed by atoms with Gasteiger partial charge in [-0.25, -0.2) is 0 Å². The third kappa shape index (κ3) is 3.98. The van der Waals surface area contributed by atoms with Crippen LogP contribution in [0.4, 0.5) is 16.5 Å². The number of carbonyl (C=O) groups is 1. The van der Waals surface area contributed by atoms with Gasteiger partial charge in [0, 0.05) is 35.6 Å². The largest absolute Gasteiger partial charge is 0.330 e. The maximum Gasteiger partial charge on any atom is 0.258 e. The molecule has 31 heavy (non-hydrogen) atoms. The van der Waals surface area contributed by atoms with Gasteiger partial charge < -0.3 is 10.6 Å². The van der Waals surface area contributed by atoms with E-state index in [0.29, 0.717) is 21.5 Å². The van der Waals surface area contributed by atoms with Crippen molar-refractivity contribution in [2.45, 2.75) is 0 Å². The van der Waals surface area contributed by atoms with Crippen molar-refractivity contribution in [2.24, 2.45) is 7.05 Å². The van der Waals surface area contributed by atoms with Crippen molar-refractivity contribution in [3.05, 3.63) is 65.6 Å². The van der Waals surface area contributed by atoms with Crippen LogP contribution >= 0.6 is 22.9 Å². The number of carbonyl (C=O) groups excluding carboxylic acids is 1. The lowest BCUT2D eigenvalue weighted by molar-refractivity contribution is 0.102. The highest BCUT2D eigenvalue weighted by Gasteiger charge is 2.12. The highest BCUT2D eigenvalue weighted by molar-refractivity contribution is 7.18. The van der Waals surface area contributed by atoms with E-state index in [4.69, 9.17) is 11.6 Å². The minimum absolute atomic E-state index is 0.224. The van der Waals surface area contributed by atoms with Crippen LogP contribution in [0, 0.1) is 0 Å². The van der Waals surface area contributed by atoms with E-state index in [0.717, 1.165) is 27.2 Å². The lowest BCUT2D eigenvalue weighted by Gasteiger charge is -2.05. The van der Waals surface area contributed by atoms with Crippen molar-refractivity contribution < 1.29 is 4.79 Å². The van der Waals surface area contributed by atoms with Gasteiger partial charge in [0.05, 0.1) is 17.3 Å². The number of nitrogens with one attached hydrogen (secondary N) is 3. The average molecular weight is 451 g/mol. The number of nitrogens with zero attached hydrogens (tertiary/aromatic N) is 5. The van der Waals surface area contributed by atoms with Crippen LogP contribution in [0.5, 0.6) is 0 Å². The Balaban J connectivity index is 1.33. The molecule has 154 valence electrons. The van der Waals surface area contributed by atoms with Gasteiger partial charge >= 0.3 is 0 Å². The number of hydrogen-bond donors (Lipinski definition) is 3. The summed E-state index contributed by atoms with van der Waals surface area (Å²) in [5, 5.41) is 28.2. The first kappa shape index (κ1) is 19.2. The van der Waals surface area contributed by atoms with Crippen LogP contribution in [-0.4, -0.2) is 36.1 Å². The summed E-state index contributed by atoms with van der Waals surface area (Å²) in [7, 11) is 1.76. The third-order valence-electron chi connectivity index (χ3n) is 4.52. The maximum absolute atomic E-state index is 12.4. The summed E-state index contributed by atoms with van der Waals surface area (Å²) in [5.74, 6) is -0.224. The second-order valence-electron chi connectivity index (χ2n) is 6.74. The van der Waals surface area contributed by atoms with Crippen LogP contribution in [-0.2, 0) is 7.05 Å². The molecule has 3 heterocycles. The Labute approximate surface area is 185 Å². The molecular weight excluding hydrogens is 436 g/mol. The van der Waals surface area contributed by atoms with E-state index in [2.05, 4.69) is 36.1 Å². The van der Waals surface area contributed by atoms with E-state index in [9.17, 15) is 4.79 Å². The molecule has 0 bridgehead atoms. The van der Waals surface area contributed by atoms with Gasteiger partial charge in [0.1, 0.15) is 10.2 Å². The lowest BCUT2D eigenvalue weighted by atomic mass is 10.2. The molecule has 0 saturated carbocycles. The minimum Gasteiger partial charge on any atom is -0.330 e. The summed E-state index contributed by atoms with van der Waals surface area (Å²) in [6.45, 7) is 0. The molecule has 1 amide bonds. The summed E-state index contributed by atoms with van der Waals surface area (Å²) in [6.07, 6.45) is 3.19. The molecule has 0 atom stereocenters. The van der Waals surface area contributed by atoms with Crippen molar-refractivity contribution in [3.8, 4) is 10.6 Å². The Morgan fingerprint density at radius 1 is 1.16 bits per heavy atom. The van der Waals surface area contributed by atoms with Gasteiger partial charge in [0.15, 0.2) is 0 Å². The smallest absolute Gasteiger partial charge is 0.258 e. The molecule has 3 aromatic heterocycles. The van der Waals surface area contributed by atoms with Gasteiger partial charge in [-0.15, -0.1) is 10.2 Å². The number of amides is 1. The standard InChI is InChI=1S/C20H15ClN8OS/c1-29-10-12(9-22-29)18(30)23-13-4-2-3-11(7-13)19-27-28-20(31-19)24-14-5-6-16-15(8-14)17(21)26-25-16/h2-10H,1H3,(H,23,30)(H,24,28)(H,25,26). The number of H-pyrrole nitrogens is 1. The topological polar surface area (TPSA) is 113 Å². The molecule has 2 aromatic carbocycles. The first-order chi connectivity index (χ1) is 15.0. The quantitative estimate of drug-likeness (QED) is 0.364. The van der Waals surface area contributed by atoms with Crippen molar-refractivity contribution >= 4 is 56.3 Å². The summed E-state index contributed by atoms with van der Waals surface area (Å²) < 4.78 is 1.58. The molecule has 0 saturated heterocycles. The fourth-order valence-electron chi connectivity index (χ4n) is 3.04. The van der Waals surface area contributed by atoms with Gasteiger partial charge in [-0.05, 0) is 30.3 Å². The number of aromatic amines is 1. The number of fused-ring (bicyclic) bond motifs is 1. The van der Waals surface area contributed by atoms with E-state index in [1.165, 1.54) is 17.5 Å². The van der Waals surface area contributed by atoms with Crippen LogP contribution in [0.3, 0.4) is 0 Å². The molecule has 3 N–H and O–H groups in total. The van der Waals surface area contributed by atoms with Crippen LogP contribution in [0.25, 0.3) is 21.5 Å². The summed E-state index contributed by atoms with van der Waals surface area (Å²) in [6, 6.07) is 13.1. The summed E-state index contributed by atoms with van der Waals surface area (Å²) in [4.78, 5) is 12.4. The van der Waals surface area contributed by atoms with E-state index in [1.54, 1.807) is 17.9 Å². The van der Waals surface area contributed by atoms with Crippen LogP contribution in [0.1, 0.15) is 10.4 Å². The van der Waals surface area contributed by atoms with Crippen molar-refractivity contribution in [2.75, 3.05) is 10.6 Å². The van der Waals surface area contributed by atoms with Gasteiger partial charge in [-0.3, -0.25) is 14.6 Å². The first-order valence-electron chi connectivity index (χ1n) is 9.20. The zero-order valence-electron chi connectivity index (χ0n) is 16.1. The van der Waals surface area contributed by atoms with Crippen molar-refractivity contribution in [3.63, 3.8) is 0 Å². The number of halogens is 1. The van der Waals surface area contributed by atoms with Gasteiger partial charge in [0.25, 0.3) is 5.91 Å². The number of aromatic nitrogens is 6. The highest BCUT2D eigenvalue weighted by atomic mass is 35.5. The molecule has 0 radical (unpaired) electrons. The fourth-order valence-corrected chi connectivity index (χ4v) is 4.00. The monoisotopic (exact) mass is 450 g/mol. The number of aryl methyl sites for hydroxylation is 1. The number of anilines is 3. The first-order valence-corrected chi connectivity index (χ1v) is 10.4. The summed E-state index contributed by atoms with van der Waals surface area (Å²) >= 11 is 7.52. The second kappa shape index (κ2) is 7.82. The minimum atomic E-state index is -0.224. The van der Waals surface area contributed by atoms with Crippen LogP contribution < -0.4 is 10.6 Å². The number of benzene rings is 2. The Morgan fingerprint density at radius 3 is 2.90 bits per heavy atom. The summed E-state index contributed by atoms with van der Waals surface area (Å²) in [5.41, 5.74) is 3.62. The molecule has 5 aromatic rings. The molecule has 0 aliphatic heterocycles. The normalized spacial score (nSPS) is 11.0. The molecular formula is C20H15ClN8OS. The maximum atomic E-state index is 12.4. The van der Waals surface area contributed by atoms with E-state index in [1.807, 2.05) is 42.5 Å². The van der Waals surface area contributed by atoms with E-state index in [-0.39, 0.29) is 5.91 Å². The van der Waals surface area contributed by atoms with Crippen molar-refractivity contribution in [1.82, 2.24) is 30.2 Å². The van der Waals surface area contributed by atoms with Gasteiger partial charge in [-0.2, -0.15) is 10.2 Å². The molecule has 0 aliphatic carbocycles. The predicted octanol–water partition coefficient (Wildman–Crippen LogP) is 4.46. The third-order valence-corrected chi connectivity index (χ3v) is 5.69. The van der Waals surface area contributed by atoms with Gasteiger partial charge in [-0.1, -0.05) is 35.1 Å². The zero-order valence-corrected chi connectivity index (χ0v) is 17.7. The van der Waals surface area contributed by atoms with E-state index < -0.39 is 0 Å². The molecule has 0 aliphatic rings. The number of hydrogen-bond acceptors (Lipinski definition) is 7. The highest BCUT2D eigenvalue weighted by Crippen LogP contribution is 2.31. The Bertz CT molecular complexity index is 1410. The lowest BCUT2D eigenvalue weighted by Crippen LogP contribution is -2.11. The second-order valence-corrected chi connectivity index (χ2v) is 8.10. The molecule has 9 nitrogen and oxygen atoms in total. The Kier molecular flexibility index (Phi) is 4.85. The average Bonchev–Trinajstić information content (AvgIpc) is 3.49. The molecule has 5 rings (SSSR count). The predicted molar refractivity (Wildman–Crippen MR) is 121 cm³/mol. The Morgan fingerprint density at radius 2 is 2.06 bits per heavy atom. The SMILES string of the molecule is Cn1cc(C(=O)Nc2cccc(-c3nnc(Nc4ccc5n[nH]c(Cl)c5c4)s3)c2)cn1. The van der Waals surface area contributed by atoms with Crippen LogP contribution in [0.15, 0.2) is 54.9 Å². The number of rotatable bonds is 5. The zero-order chi connectivity index (χ0) is 21.4. The molecule has 0 spiro atoms. The van der Waals surface area contributed by atoms with Gasteiger partial charge in [0.2, 0.25) is 5.13 Å². The Hall–Kier alpha value is -3.76. The molecule has 0 unspecified atom stereocenters. The van der Waals surface area contributed by atoms with Crippen molar-refractivity contribution in [1.29, 1.82) is 0 Å².